The van der Waals surface area contributed by atoms with Gasteiger partial charge in [0.1, 0.15) is 6.07 Å². The molecular formula is C15H15N3OS. The molecule has 5 heteroatoms. The number of nitrogens with one attached hydrogen (secondary N) is 1. The summed E-state index contributed by atoms with van der Waals surface area (Å²) in [5, 5.41) is 12.6. The number of aromatic nitrogens is 1. The van der Waals surface area contributed by atoms with Crippen molar-refractivity contribution in [3.05, 3.63) is 47.7 Å². The van der Waals surface area contributed by atoms with E-state index in [-0.39, 0.29) is 0 Å². The van der Waals surface area contributed by atoms with Crippen molar-refractivity contribution in [2.45, 2.75) is 11.4 Å². The van der Waals surface area contributed by atoms with Gasteiger partial charge in [0.05, 0.1) is 18.4 Å². The number of rotatable bonds is 5. The third kappa shape index (κ3) is 3.03. The topological polar surface area (TPSA) is 57.9 Å². The molecule has 1 N–H and O–H groups in total. The van der Waals surface area contributed by atoms with Crippen molar-refractivity contribution in [3.8, 4) is 11.9 Å². The summed E-state index contributed by atoms with van der Waals surface area (Å²) < 4.78 is 5.21. The number of ether oxygens (including phenoxy) is 1. The molecule has 0 spiro atoms. The Morgan fingerprint density at radius 2 is 2.20 bits per heavy atom. The lowest BCUT2D eigenvalue weighted by molar-refractivity contribution is 0.393. The molecule has 0 fully saturated rings. The summed E-state index contributed by atoms with van der Waals surface area (Å²) >= 11 is 1.56. The van der Waals surface area contributed by atoms with Gasteiger partial charge in [0, 0.05) is 23.2 Å². The predicted molar refractivity (Wildman–Crippen MR) is 81.1 cm³/mol. The molecule has 0 unspecified atom stereocenters. The van der Waals surface area contributed by atoms with Crippen LogP contribution >= 0.6 is 11.8 Å². The van der Waals surface area contributed by atoms with Crippen molar-refractivity contribution in [1.29, 1.82) is 5.26 Å². The molecule has 0 bridgehead atoms. The van der Waals surface area contributed by atoms with Crippen molar-refractivity contribution in [1.82, 2.24) is 4.98 Å². The van der Waals surface area contributed by atoms with Crippen LogP contribution in [0.2, 0.25) is 0 Å². The normalized spacial score (nSPS) is 9.85. The summed E-state index contributed by atoms with van der Waals surface area (Å²) in [6, 6.07) is 11.8. The maximum Gasteiger partial charge on any atom is 0.218 e. The zero-order valence-corrected chi connectivity index (χ0v) is 12.2. The second-order valence-corrected chi connectivity index (χ2v) is 4.87. The zero-order chi connectivity index (χ0) is 14.4. The van der Waals surface area contributed by atoms with Crippen molar-refractivity contribution in [3.63, 3.8) is 0 Å². The van der Waals surface area contributed by atoms with Crippen LogP contribution in [0.15, 0.2) is 41.4 Å². The standard InChI is InChI=1S/C15H15N3OS/c1-19-15-11(5-4-8-17-15)10-18-13-6-3-7-14(20-2)12(13)9-16/h3-8,18H,10H2,1-2H3. The minimum absolute atomic E-state index is 0.559. The molecule has 2 rings (SSSR count). The van der Waals surface area contributed by atoms with E-state index in [1.54, 1.807) is 25.1 Å². The van der Waals surface area contributed by atoms with Crippen LogP contribution in [0.4, 0.5) is 5.69 Å². The van der Waals surface area contributed by atoms with Crippen LogP contribution in [-0.4, -0.2) is 18.3 Å². The third-order valence-electron chi connectivity index (χ3n) is 2.87. The molecule has 0 atom stereocenters. The number of pyridine rings is 1. The van der Waals surface area contributed by atoms with Crippen molar-refractivity contribution >= 4 is 17.4 Å². The zero-order valence-electron chi connectivity index (χ0n) is 11.4. The summed E-state index contributed by atoms with van der Waals surface area (Å²) in [7, 11) is 1.60. The largest absolute Gasteiger partial charge is 0.481 e. The second-order valence-electron chi connectivity index (χ2n) is 4.02. The predicted octanol–water partition coefficient (Wildman–Crippen LogP) is 3.30. The number of nitrogens with zero attached hydrogens (tertiary/aromatic N) is 2. The number of anilines is 1. The van der Waals surface area contributed by atoms with E-state index in [0.717, 1.165) is 16.1 Å². The highest BCUT2D eigenvalue weighted by atomic mass is 32.2. The van der Waals surface area contributed by atoms with Gasteiger partial charge < -0.3 is 10.1 Å². The van der Waals surface area contributed by atoms with Crippen molar-refractivity contribution in [2.24, 2.45) is 0 Å². The molecule has 0 amide bonds. The van der Waals surface area contributed by atoms with Crippen LogP contribution in [0.3, 0.4) is 0 Å². The van der Waals surface area contributed by atoms with Gasteiger partial charge in [0.2, 0.25) is 5.88 Å². The fourth-order valence-electron chi connectivity index (χ4n) is 1.90. The Labute approximate surface area is 122 Å². The average Bonchev–Trinajstić information content (AvgIpc) is 2.52. The van der Waals surface area contributed by atoms with Gasteiger partial charge >= 0.3 is 0 Å². The van der Waals surface area contributed by atoms with Gasteiger partial charge in [-0.25, -0.2) is 4.98 Å². The van der Waals surface area contributed by atoms with Gasteiger partial charge in [0.15, 0.2) is 0 Å². The number of hydrogen-bond acceptors (Lipinski definition) is 5. The first-order chi connectivity index (χ1) is 9.80. The molecule has 20 heavy (non-hydrogen) atoms. The minimum Gasteiger partial charge on any atom is -0.481 e. The van der Waals surface area contributed by atoms with Crippen LogP contribution < -0.4 is 10.1 Å². The van der Waals surface area contributed by atoms with E-state index in [1.165, 1.54) is 0 Å². The molecular weight excluding hydrogens is 270 g/mol. The van der Waals surface area contributed by atoms with Gasteiger partial charge in [-0.2, -0.15) is 5.26 Å². The summed E-state index contributed by atoms with van der Waals surface area (Å²) in [5.41, 5.74) is 2.45. The lowest BCUT2D eigenvalue weighted by Crippen LogP contribution is -2.04. The maximum absolute atomic E-state index is 9.29. The fourth-order valence-corrected chi connectivity index (χ4v) is 2.47. The Morgan fingerprint density at radius 1 is 1.35 bits per heavy atom. The quantitative estimate of drug-likeness (QED) is 0.854. The van der Waals surface area contributed by atoms with E-state index in [9.17, 15) is 5.26 Å². The van der Waals surface area contributed by atoms with Crippen molar-refractivity contribution in [2.75, 3.05) is 18.7 Å². The minimum atomic E-state index is 0.559. The van der Waals surface area contributed by atoms with Gasteiger partial charge in [-0.3, -0.25) is 0 Å². The van der Waals surface area contributed by atoms with Crippen molar-refractivity contribution < 1.29 is 4.74 Å². The molecule has 0 aliphatic carbocycles. The van der Waals surface area contributed by atoms with E-state index in [0.29, 0.717) is 18.0 Å². The number of benzene rings is 1. The molecule has 4 nitrogen and oxygen atoms in total. The Bertz CT molecular complexity index is 637. The first-order valence-electron chi connectivity index (χ1n) is 6.09. The maximum atomic E-state index is 9.29. The Morgan fingerprint density at radius 3 is 2.90 bits per heavy atom. The highest BCUT2D eigenvalue weighted by molar-refractivity contribution is 7.98. The first kappa shape index (κ1) is 14.2. The lowest BCUT2D eigenvalue weighted by atomic mass is 10.2. The van der Waals surface area contributed by atoms with Gasteiger partial charge in [-0.15, -0.1) is 11.8 Å². The summed E-state index contributed by atoms with van der Waals surface area (Å²) in [5.74, 6) is 0.597. The van der Waals surface area contributed by atoms with E-state index >= 15 is 0 Å². The molecule has 2 aromatic rings. The smallest absolute Gasteiger partial charge is 0.218 e. The Hall–Kier alpha value is -2.19. The van der Waals surface area contributed by atoms with Crippen LogP contribution in [0.1, 0.15) is 11.1 Å². The van der Waals surface area contributed by atoms with Gasteiger partial charge in [-0.05, 0) is 24.5 Å². The second kappa shape index (κ2) is 6.83. The lowest BCUT2D eigenvalue weighted by Gasteiger charge is -2.12. The Kier molecular flexibility index (Phi) is 4.85. The Balaban J connectivity index is 2.21. The van der Waals surface area contributed by atoms with E-state index in [2.05, 4.69) is 16.4 Å². The molecule has 0 aliphatic heterocycles. The highest BCUT2D eigenvalue weighted by Gasteiger charge is 2.08. The number of methoxy groups -OCH3 is 1. The summed E-state index contributed by atoms with van der Waals surface area (Å²) in [6.07, 6.45) is 3.65. The van der Waals surface area contributed by atoms with Crippen LogP contribution in [0.25, 0.3) is 0 Å². The SMILES string of the molecule is COc1ncccc1CNc1cccc(SC)c1C#N. The molecule has 0 saturated carbocycles. The highest BCUT2D eigenvalue weighted by Crippen LogP contribution is 2.27. The van der Waals surface area contributed by atoms with E-state index in [1.807, 2.05) is 36.6 Å². The number of nitriles is 1. The fraction of sp³-hybridized carbons (Fsp3) is 0.200. The van der Waals surface area contributed by atoms with E-state index in [4.69, 9.17) is 4.74 Å². The molecule has 0 aliphatic rings. The number of hydrogen-bond donors (Lipinski definition) is 1. The molecule has 0 saturated heterocycles. The van der Waals surface area contributed by atoms with Gasteiger partial charge in [-0.1, -0.05) is 12.1 Å². The number of thioether (sulfide) groups is 1. The third-order valence-corrected chi connectivity index (χ3v) is 3.65. The molecule has 102 valence electrons. The monoisotopic (exact) mass is 285 g/mol. The summed E-state index contributed by atoms with van der Waals surface area (Å²) in [6.45, 7) is 0.559. The molecule has 0 radical (unpaired) electrons. The average molecular weight is 285 g/mol. The van der Waals surface area contributed by atoms with Gasteiger partial charge in [0.25, 0.3) is 0 Å². The summed E-state index contributed by atoms with van der Waals surface area (Å²) in [4.78, 5) is 5.12. The first-order valence-corrected chi connectivity index (χ1v) is 7.31. The molecule has 1 heterocycles. The molecule has 1 aromatic carbocycles. The van der Waals surface area contributed by atoms with Crippen LogP contribution in [0, 0.1) is 11.3 Å². The van der Waals surface area contributed by atoms with Crippen LogP contribution in [-0.2, 0) is 6.54 Å². The van der Waals surface area contributed by atoms with Crippen LogP contribution in [0.5, 0.6) is 5.88 Å². The van der Waals surface area contributed by atoms with E-state index < -0.39 is 0 Å². The molecule has 1 aromatic heterocycles.